The molecular weight excluding hydrogens is 187 g/mol. The summed E-state index contributed by atoms with van der Waals surface area (Å²) in [5.41, 5.74) is 0. The molecule has 0 aromatic rings. The summed E-state index contributed by atoms with van der Waals surface area (Å²) < 4.78 is 29.3. The molecule has 0 radical (unpaired) electrons. The molecule has 0 aromatic carbocycles. The second-order valence-electron chi connectivity index (χ2n) is 1.47. The number of hydrogen-bond acceptors (Lipinski definition) is 6. The van der Waals surface area contributed by atoms with Crippen LogP contribution in [0.25, 0.3) is 0 Å². The van der Waals surface area contributed by atoms with Crippen molar-refractivity contribution in [3.8, 4) is 0 Å². The van der Waals surface area contributed by atoms with Gasteiger partial charge in [-0.1, -0.05) is 0 Å². The third-order valence-electron chi connectivity index (χ3n) is 0.691. The van der Waals surface area contributed by atoms with E-state index in [-0.39, 0.29) is 29.6 Å². The molecule has 0 aromatic heterocycles. The topological polar surface area (TPSA) is 115 Å². The molecule has 1 unspecified atom stereocenters. The molecule has 0 saturated carbocycles. The van der Waals surface area contributed by atoms with E-state index in [1.165, 1.54) is 0 Å². The first-order valence-electron chi connectivity index (χ1n) is 2.18. The molecule has 0 saturated heterocycles. The van der Waals surface area contributed by atoms with Crippen molar-refractivity contribution >= 4 is 15.2 Å². The molecule has 0 rings (SSSR count). The standard InChI is InChI=1S/C3H6O6S.Na/c4-1-2(5)3(6)10(7,8)9;/h2,4-5H,1H2,(H,7,8,9);/q;+1/p-1. The average Bonchev–Trinajstić information content (AvgIpc) is 1.83. The fourth-order valence-electron chi connectivity index (χ4n) is 0.241. The van der Waals surface area contributed by atoms with Crippen LogP contribution < -0.4 is 29.6 Å². The zero-order valence-electron chi connectivity index (χ0n) is 5.72. The number of hydrogen-bond donors (Lipinski definition) is 2. The first kappa shape index (κ1) is 14.0. The quantitative estimate of drug-likeness (QED) is 0.333. The van der Waals surface area contributed by atoms with E-state index in [0.29, 0.717) is 0 Å². The zero-order valence-corrected chi connectivity index (χ0v) is 8.54. The molecule has 0 aliphatic carbocycles. The Balaban J connectivity index is 0. The maximum atomic E-state index is 10.1. The molecular formula is C3H5NaO6S. The summed E-state index contributed by atoms with van der Waals surface area (Å²) in [7, 11) is -5.11. The summed E-state index contributed by atoms with van der Waals surface area (Å²) in [6, 6.07) is 0. The number of aliphatic hydroxyl groups is 2. The van der Waals surface area contributed by atoms with E-state index in [1.54, 1.807) is 0 Å². The van der Waals surface area contributed by atoms with Crippen molar-refractivity contribution in [1.82, 2.24) is 0 Å². The predicted molar refractivity (Wildman–Crippen MR) is 27.8 cm³/mol. The third kappa shape index (κ3) is 4.86. The largest absolute Gasteiger partial charge is 1.00 e. The third-order valence-corrected chi connectivity index (χ3v) is 1.46. The Kier molecular flexibility index (Phi) is 6.64. The number of carbonyl (C=O) groups is 1. The Labute approximate surface area is 85.3 Å². The van der Waals surface area contributed by atoms with Gasteiger partial charge in [0.2, 0.25) is 0 Å². The van der Waals surface area contributed by atoms with Crippen molar-refractivity contribution < 1.29 is 57.5 Å². The number of rotatable bonds is 2. The Bertz CT molecular complexity index is 220. The van der Waals surface area contributed by atoms with E-state index in [4.69, 9.17) is 10.2 Å². The van der Waals surface area contributed by atoms with Crippen LogP contribution in [0.1, 0.15) is 0 Å². The summed E-state index contributed by atoms with van der Waals surface area (Å²) in [6.07, 6.45) is -2.12. The van der Waals surface area contributed by atoms with Gasteiger partial charge in [-0.3, -0.25) is 4.79 Å². The van der Waals surface area contributed by atoms with Gasteiger partial charge in [0.05, 0.1) is 6.61 Å². The van der Waals surface area contributed by atoms with Gasteiger partial charge in [0.25, 0.3) is 5.12 Å². The van der Waals surface area contributed by atoms with Gasteiger partial charge in [-0.15, -0.1) is 0 Å². The first-order valence-corrected chi connectivity index (χ1v) is 3.59. The molecule has 6 nitrogen and oxygen atoms in total. The average molecular weight is 192 g/mol. The van der Waals surface area contributed by atoms with Gasteiger partial charge in [-0.2, -0.15) is 0 Å². The van der Waals surface area contributed by atoms with Crippen LogP contribution in [-0.2, 0) is 14.9 Å². The smallest absolute Gasteiger partial charge is 0.742 e. The van der Waals surface area contributed by atoms with E-state index in [2.05, 4.69) is 0 Å². The number of aliphatic hydroxyl groups excluding tert-OH is 2. The minimum atomic E-state index is -5.11. The van der Waals surface area contributed by atoms with Crippen molar-refractivity contribution in [2.24, 2.45) is 0 Å². The molecule has 0 bridgehead atoms. The van der Waals surface area contributed by atoms with Gasteiger partial charge < -0.3 is 14.8 Å². The van der Waals surface area contributed by atoms with Crippen molar-refractivity contribution in [1.29, 1.82) is 0 Å². The SMILES string of the molecule is O=C(C(O)CO)S(=O)(=O)[O-].[Na+]. The van der Waals surface area contributed by atoms with Crippen molar-refractivity contribution in [3.05, 3.63) is 0 Å². The van der Waals surface area contributed by atoms with Gasteiger partial charge in [-0.05, 0) is 0 Å². The van der Waals surface area contributed by atoms with Crippen LogP contribution in [0.3, 0.4) is 0 Å². The molecule has 1 atom stereocenters. The molecule has 0 spiro atoms. The second kappa shape index (κ2) is 5.20. The molecule has 60 valence electrons. The minimum Gasteiger partial charge on any atom is -0.742 e. The van der Waals surface area contributed by atoms with Crippen LogP contribution in [0, 0.1) is 0 Å². The molecule has 0 fully saturated rings. The van der Waals surface area contributed by atoms with E-state index in [1.807, 2.05) is 0 Å². The summed E-state index contributed by atoms with van der Waals surface area (Å²) in [4.78, 5) is 10.1. The molecule has 0 aliphatic heterocycles. The molecule has 0 amide bonds. The maximum Gasteiger partial charge on any atom is 1.00 e. The van der Waals surface area contributed by atoms with E-state index in [0.717, 1.165) is 0 Å². The second-order valence-corrected chi connectivity index (χ2v) is 2.78. The van der Waals surface area contributed by atoms with Crippen LogP contribution in [0.4, 0.5) is 0 Å². The molecule has 2 N–H and O–H groups in total. The van der Waals surface area contributed by atoms with Crippen molar-refractivity contribution in [2.45, 2.75) is 6.10 Å². The van der Waals surface area contributed by atoms with Crippen LogP contribution in [0.2, 0.25) is 0 Å². The van der Waals surface area contributed by atoms with Crippen molar-refractivity contribution in [2.75, 3.05) is 6.61 Å². The molecule has 0 heterocycles. The molecule has 0 aliphatic rings. The number of carbonyl (C=O) groups excluding carboxylic acids is 1. The van der Waals surface area contributed by atoms with Crippen LogP contribution in [0.15, 0.2) is 0 Å². The maximum absolute atomic E-state index is 10.1. The van der Waals surface area contributed by atoms with E-state index >= 15 is 0 Å². The Morgan fingerprint density at radius 2 is 1.91 bits per heavy atom. The van der Waals surface area contributed by atoms with Gasteiger partial charge in [0, 0.05) is 0 Å². The summed E-state index contributed by atoms with van der Waals surface area (Å²) in [6.45, 7) is -1.07. The molecule has 8 heteroatoms. The van der Waals surface area contributed by atoms with Gasteiger partial charge in [0.15, 0.2) is 10.1 Å². The van der Waals surface area contributed by atoms with Gasteiger partial charge in [0.1, 0.15) is 6.10 Å². The van der Waals surface area contributed by atoms with Crippen LogP contribution >= 0.6 is 0 Å². The monoisotopic (exact) mass is 192 g/mol. The fraction of sp³-hybridized carbons (Fsp3) is 0.667. The first-order chi connectivity index (χ1) is 4.39. The Morgan fingerprint density at radius 1 is 1.55 bits per heavy atom. The molecule has 11 heavy (non-hydrogen) atoms. The van der Waals surface area contributed by atoms with Crippen LogP contribution in [0.5, 0.6) is 0 Å². The van der Waals surface area contributed by atoms with Crippen LogP contribution in [-0.4, -0.2) is 41.0 Å². The van der Waals surface area contributed by atoms with Crippen molar-refractivity contribution in [3.63, 3.8) is 0 Å². The Hall–Kier alpha value is 0.500. The summed E-state index contributed by atoms with van der Waals surface area (Å²) >= 11 is 0. The predicted octanol–water partition coefficient (Wildman–Crippen LogP) is -5.58. The minimum absolute atomic E-state index is 0. The van der Waals surface area contributed by atoms with Gasteiger partial charge >= 0.3 is 29.6 Å². The fourth-order valence-corrected chi connectivity index (χ4v) is 0.649. The van der Waals surface area contributed by atoms with E-state index < -0.39 is 27.9 Å². The summed E-state index contributed by atoms with van der Waals surface area (Å²) in [5.74, 6) is 0. The Morgan fingerprint density at radius 3 is 2.00 bits per heavy atom. The normalized spacial score (nSPS) is 13.4. The summed E-state index contributed by atoms with van der Waals surface area (Å²) in [5, 5.41) is 14.4. The van der Waals surface area contributed by atoms with E-state index in [9.17, 15) is 17.8 Å². The van der Waals surface area contributed by atoms with Gasteiger partial charge in [-0.25, -0.2) is 8.42 Å². The zero-order chi connectivity index (χ0) is 8.36.